The molecule has 3 aliphatic rings. The van der Waals surface area contributed by atoms with Crippen LogP contribution in [0.5, 0.6) is 0 Å². The van der Waals surface area contributed by atoms with Crippen molar-refractivity contribution in [2.24, 2.45) is 28.7 Å². The Morgan fingerprint density at radius 3 is 2.46 bits per heavy atom. The quantitative estimate of drug-likeness (QED) is 0.293. The number of likely N-dealkylation sites (tertiary alicyclic amines) is 1. The molecule has 1 heterocycles. The minimum atomic E-state index is -0.0542. The van der Waals surface area contributed by atoms with Crippen molar-refractivity contribution in [2.75, 3.05) is 33.3 Å². The molecule has 5 nitrogen and oxygen atoms in total. The van der Waals surface area contributed by atoms with E-state index in [1.807, 2.05) is 14.0 Å². The number of carbonyl (C=O) groups excluding carboxylic acids is 1. The average Bonchev–Trinajstić information content (AvgIpc) is 3.46. The van der Waals surface area contributed by atoms with E-state index in [0.717, 1.165) is 56.2 Å². The predicted octanol–water partition coefficient (Wildman–Crippen LogP) is 2.89. The smallest absolute Gasteiger partial charge is 0.310 e. The second-order valence-corrected chi connectivity index (χ2v) is 7.30. The van der Waals surface area contributed by atoms with Crippen molar-refractivity contribution in [3.05, 3.63) is 0 Å². The second-order valence-electron chi connectivity index (χ2n) is 7.30. The van der Waals surface area contributed by atoms with E-state index in [2.05, 4.69) is 15.2 Å². The molecule has 138 valence electrons. The molecule has 1 atom stereocenters. The number of guanidine groups is 1. The second kappa shape index (κ2) is 9.25. The van der Waals surface area contributed by atoms with Gasteiger partial charge < -0.3 is 15.0 Å². The molecule has 1 unspecified atom stereocenters. The Hall–Kier alpha value is -0.530. The van der Waals surface area contributed by atoms with E-state index in [-0.39, 0.29) is 35.9 Å². The Morgan fingerprint density at radius 2 is 1.92 bits per heavy atom. The summed E-state index contributed by atoms with van der Waals surface area (Å²) in [7, 11) is 1.85. The van der Waals surface area contributed by atoms with Crippen molar-refractivity contribution in [1.82, 2.24) is 10.2 Å². The molecule has 2 saturated carbocycles. The minimum Gasteiger partial charge on any atom is -0.466 e. The van der Waals surface area contributed by atoms with Crippen molar-refractivity contribution in [3.8, 4) is 0 Å². The third kappa shape index (κ3) is 5.23. The lowest BCUT2D eigenvalue weighted by atomic mass is 9.97. The zero-order valence-electron chi connectivity index (χ0n) is 15.0. The lowest BCUT2D eigenvalue weighted by molar-refractivity contribution is -0.149. The maximum absolute atomic E-state index is 12.0. The van der Waals surface area contributed by atoms with E-state index in [0.29, 0.717) is 6.61 Å². The monoisotopic (exact) mass is 449 g/mol. The Bertz CT molecular complexity index is 438. The van der Waals surface area contributed by atoms with Gasteiger partial charge in [-0.1, -0.05) is 0 Å². The summed E-state index contributed by atoms with van der Waals surface area (Å²) < 4.78 is 5.19. The molecule has 0 spiro atoms. The summed E-state index contributed by atoms with van der Waals surface area (Å²) in [5, 5.41) is 3.60. The normalized spacial score (nSPS) is 24.5. The van der Waals surface area contributed by atoms with Gasteiger partial charge in [-0.25, -0.2) is 0 Å². The summed E-state index contributed by atoms with van der Waals surface area (Å²) >= 11 is 0. The maximum Gasteiger partial charge on any atom is 0.310 e. The molecule has 0 aromatic rings. The van der Waals surface area contributed by atoms with Gasteiger partial charge in [0.15, 0.2) is 5.96 Å². The Kier molecular flexibility index (Phi) is 7.62. The number of ether oxygens (including phenoxy) is 1. The molecule has 1 N–H and O–H groups in total. The lowest BCUT2D eigenvalue weighted by Gasteiger charge is -2.34. The van der Waals surface area contributed by atoms with E-state index in [1.54, 1.807) is 0 Å². The van der Waals surface area contributed by atoms with Gasteiger partial charge >= 0.3 is 5.97 Å². The van der Waals surface area contributed by atoms with E-state index >= 15 is 0 Å². The van der Waals surface area contributed by atoms with E-state index < -0.39 is 0 Å². The Balaban J connectivity index is 0.00000208. The molecule has 0 aromatic heterocycles. The Morgan fingerprint density at radius 1 is 1.25 bits per heavy atom. The van der Waals surface area contributed by atoms with Crippen LogP contribution in [0.15, 0.2) is 4.99 Å². The maximum atomic E-state index is 12.0. The van der Waals surface area contributed by atoms with Crippen LogP contribution in [0.1, 0.15) is 45.4 Å². The number of hydrogen-bond donors (Lipinski definition) is 1. The van der Waals surface area contributed by atoms with Crippen molar-refractivity contribution in [2.45, 2.75) is 45.4 Å². The lowest BCUT2D eigenvalue weighted by Crippen LogP contribution is -2.49. The number of esters is 1. The van der Waals surface area contributed by atoms with Crippen LogP contribution < -0.4 is 5.32 Å². The molecule has 0 bridgehead atoms. The van der Waals surface area contributed by atoms with Crippen LogP contribution >= 0.6 is 24.0 Å². The average molecular weight is 449 g/mol. The van der Waals surface area contributed by atoms with Gasteiger partial charge in [0.1, 0.15) is 0 Å². The molecule has 2 aliphatic carbocycles. The van der Waals surface area contributed by atoms with Crippen LogP contribution in [-0.2, 0) is 9.53 Å². The molecule has 0 radical (unpaired) electrons. The van der Waals surface area contributed by atoms with Gasteiger partial charge in [0.25, 0.3) is 0 Å². The zero-order chi connectivity index (χ0) is 16.2. The van der Waals surface area contributed by atoms with Gasteiger partial charge in [-0.15, -0.1) is 24.0 Å². The van der Waals surface area contributed by atoms with Gasteiger partial charge in [0.05, 0.1) is 12.5 Å². The van der Waals surface area contributed by atoms with E-state index in [9.17, 15) is 4.79 Å². The predicted molar refractivity (Wildman–Crippen MR) is 107 cm³/mol. The molecular formula is C18H32IN3O2. The van der Waals surface area contributed by atoms with Crippen molar-refractivity contribution in [3.63, 3.8) is 0 Å². The highest BCUT2D eigenvalue weighted by atomic mass is 127. The standard InChI is InChI=1S/C18H31N3O2.HI/c1-3-23-17(22)15-5-4-10-21(12-15)18(19-2)20-11-16(13-6-7-13)14-8-9-14;/h13-16H,3-12H2,1-2H3,(H,19,20);1H. The summed E-state index contributed by atoms with van der Waals surface area (Å²) in [6, 6.07) is 0. The first-order valence-electron chi connectivity index (χ1n) is 9.35. The summed E-state index contributed by atoms with van der Waals surface area (Å²) in [4.78, 5) is 18.7. The number of rotatable bonds is 6. The number of piperidine rings is 1. The molecule has 3 fully saturated rings. The summed E-state index contributed by atoms with van der Waals surface area (Å²) in [5.41, 5.74) is 0. The van der Waals surface area contributed by atoms with Crippen molar-refractivity contribution >= 4 is 35.9 Å². The highest BCUT2D eigenvalue weighted by Crippen LogP contribution is 2.48. The third-order valence-corrected chi connectivity index (χ3v) is 5.50. The van der Waals surface area contributed by atoms with Crippen LogP contribution in [0.4, 0.5) is 0 Å². The van der Waals surface area contributed by atoms with Gasteiger partial charge in [-0.2, -0.15) is 0 Å². The fourth-order valence-electron chi connectivity index (χ4n) is 3.93. The molecule has 0 amide bonds. The molecule has 0 aromatic carbocycles. The zero-order valence-corrected chi connectivity index (χ0v) is 17.3. The van der Waals surface area contributed by atoms with Crippen LogP contribution in [0, 0.1) is 23.7 Å². The molecular weight excluding hydrogens is 417 g/mol. The van der Waals surface area contributed by atoms with Crippen LogP contribution in [-0.4, -0.2) is 50.1 Å². The van der Waals surface area contributed by atoms with Crippen molar-refractivity contribution in [1.29, 1.82) is 0 Å². The highest BCUT2D eigenvalue weighted by Gasteiger charge is 2.41. The SMILES string of the molecule is CCOC(=O)C1CCCN(C(=NC)NCC(C2CC2)C2CC2)C1.I. The number of halogens is 1. The number of nitrogens with zero attached hydrogens (tertiary/aromatic N) is 2. The summed E-state index contributed by atoms with van der Waals surface area (Å²) in [6.07, 6.45) is 7.61. The first-order valence-corrected chi connectivity index (χ1v) is 9.35. The first kappa shape index (κ1) is 19.8. The first-order chi connectivity index (χ1) is 11.2. The van der Waals surface area contributed by atoms with E-state index in [1.165, 1.54) is 25.7 Å². The van der Waals surface area contributed by atoms with Gasteiger partial charge in [-0.05, 0) is 63.2 Å². The van der Waals surface area contributed by atoms with Gasteiger partial charge in [-0.3, -0.25) is 9.79 Å². The Labute approximate surface area is 163 Å². The van der Waals surface area contributed by atoms with Crippen molar-refractivity contribution < 1.29 is 9.53 Å². The number of carbonyl (C=O) groups is 1. The molecule has 24 heavy (non-hydrogen) atoms. The molecule has 1 saturated heterocycles. The third-order valence-electron chi connectivity index (χ3n) is 5.50. The number of hydrogen-bond acceptors (Lipinski definition) is 3. The fraction of sp³-hybridized carbons (Fsp3) is 0.889. The number of nitrogens with one attached hydrogen (secondary N) is 1. The van der Waals surface area contributed by atoms with Gasteiger partial charge in [0, 0.05) is 26.7 Å². The highest BCUT2D eigenvalue weighted by molar-refractivity contribution is 14.0. The number of aliphatic imine (C=N–C) groups is 1. The fourth-order valence-corrected chi connectivity index (χ4v) is 3.93. The summed E-state index contributed by atoms with van der Waals surface area (Å²) in [6.45, 7) is 5.09. The van der Waals surface area contributed by atoms with Crippen LogP contribution in [0.25, 0.3) is 0 Å². The molecule has 3 rings (SSSR count). The molecule has 6 heteroatoms. The molecule has 1 aliphatic heterocycles. The summed E-state index contributed by atoms with van der Waals surface area (Å²) in [5.74, 6) is 3.62. The van der Waals surface area contributed by atoms with Crippen LogP contribution in [0.3, 0.4) is 0 Å². The topological polar surface area (TPSA) is 53.9 Å². The van der Waals surface area contributed by atoms with Crippen LogP contribution in [0.2, 0.25) is 0 Å². The van der Waals surface area contributed by atoms with Gasteiger partial charge in [0.2, 0.25) is 0 Å². The van der Waals surface area contributed by atoms with E-state index in [4.69, 9.17) is 4.74 Å². The largest absolute Gasteiger partial charge is 0.466 e. The minimum absolute atomic E-state index is 0.